The molecule has 0 N–H and O–H groups in total. The lowest BCUT2D eigenvalue weighted by atomic mass is 9.71. The second-order valence-corrected chi connectivity index (χ2v) is 16.7. The fourth-order valence-electron chi connectivity index (χ4n) is 10.3. The zero-order chi connectivity index (χ0) is 38.2. The lowest BCUT2D eigenvalue weighted by Gasteiger charge is -2.33. The van der Waals surface area contributed by atoms with Gasteiger partial charge in [-0.05, 0) is 118 Å². The molecule has 6 aromatic carbocycles. The quantitative estimate of drug-likeness (QED) is 0.135. The molecule has 0 bridgehead atoms. The van der Waals surface area contributed by atoms with Gasteiger partial charge in [0.1, 0.15) is 0 Å². The molecule has 2 aliphatic rings. The van der Waals surface area contributed by atoms with Gasteiger partial charge in [-0.2, -0.15) is 0 Å². The van der Waals surface area contributed by atoms with Crippen molar-refractivity contribution in [2.45, 2.75) is 121 Å². The van der Waals surface area contributed by atoms with Crippen molar-refractivity contribution in [3.05, 3.63) is 162 Å². The van der Waals surface area contributed by atoms with E-state index in [1.54, 1.807) is 0 Å². The van der Waals surface area contributed by atoms with Crippen molar-refractivity contribution in [2.75, 3.05) is 4.90 Å². The fourth-order valence-corrected chi connectivity index (χ4v) is 10.3. The van der Waals surface area contributed by atoms with Gasteiger partial charge in [-0.15, -0.1) is 0 Å². The molecule has 0 saturated heterocycles. The molecule has 8 rings (SSSR count). The van der Waals surface area contributed by atoms with Gasteiger partial charge in [0.25, 0.3) is 0 Å². The van der Waals surface area contributed by atoms with E-state index in [0.717, 1.165) is 25.7 Å². The Balaban J connectivity index is 1.20. The van der Waals surface area contributed by atoms with Crippen LogP contribution in [-0.2, 0) is 5.41 Å². The van der Waals surface area contributed by atoms with Gasteiger partial charge >= 0.3 is 0 Å². The van der Waals surface area contributed by atoms with E-state index in [1.165, 1.54) is 138 Å². The van der Waals surface area contributed by atoms with Gasteiger partial charge in [0, 0.05) is 22.5 Å². The van der Waals surface area contributed by atoms with E-state index in [0.29, 0.717) is 5.92 Å². The predicted octanol–water partition coefficient (Wildman–Crippen LogP) is 16.7. The smallest absolute Gasteiger partial charge is 0.0467 e. The highest BCUT2D eigenvalue weighted by molar-refractivity contribution is 5.87. The fraction of sp³-hybridized carbons (Fsp3) is 0.345. The van der Waals surface area contributed by atoms with Crippen LogP contribution in [0.3, 0.4) is 0 Å². The number of hydrogen-bond acceptors (Lipinski definition) is 1. The Morgan fingerprint density at radius 3 is 1.66 bits per heavy atom. The summed E-state index contributed by atoms with van der Waals surface area (Å²) >= 11 is 0. The summed E-state index contributed by atoms with van der Waals surface area (Å²) < 4.78 is 0. The minimum atomic E-state index is 0.0318. The van der Waals surface area contributed by atoms with Crippen molar-refractivity contribution in [1.82, 2.24) is 0 Å². The first-order chi connectivity index (χ1) is 27.7. The number of hydrogen-bond donors (Lipinski definition) is 0. The van der Waals surface area contributed by atoms with Crippen LogP contribution in [0.1, 0.15) is 133 Å². The largest absolute Gasteiger partial charge is 0.310 e. The van der Waals surface area contributed by atoms with Crippen molar-refractivity contribution in [3.63, 3.8) is 0 Å². The van der Waals surface area contributed by atoms with Crippen LogP contribution in [0.15, 0.2) is 146 Å². The monoisotopic (exact) mass is 735 g/mol. The SMILES string of the molecule is CCCC1(CCC)c2ccccc2-c2ccc(N(c3ccc(-c4ccccc4)cc3)c3cccc(-c4cccc(C5CCCCCCCCCCC5)c4)c3)cc21. The highest BCUT2D eigenvalue weighted by atomic mass is 15.1. The Morgan fingerprint density at radius 1 is 0.429 bits per heavy atom. The Kier molecular flexibility index (Phi) is 12.2. The van der Waals surface area contributed by atoms with Crippen molar-refractivity contribution in [1.29, 1.82) is 0 Å². The summed E-state index contributed by atoms with van der Waals surface area (Å²) in [5.41, 5.74) is 16.1. The summed E-state index contributed by atoms with van der Waals surface area (Å²) in [5, 5.41) is 0. The van der Waals surface area contributed by atoms with Gasteiger partial charge < -0.3 is 4.90 Å². The van der Waals surface area contributed by atoms with E-state index in [2.05, 4.69) is 164 Å². The number of benzene rings is 6. The van der Waals surface area contributed by atoms with Gasteiger partial charge in [-0.1, -0.05) is 194 Å². The predicted molar refractivity (Wildman–Crippen MR) is 242 cm³/mol. The molecule has 0 amide bonds. The normalized spacial score (nSPS) is 16.0. The van der Waals surface area contributed by atoms with Crippen LogP contribution >= 0.6 is 0 Å². The van der Waals surface area contributed by atoms with Gasteiger partial charge in [0.15, 0.2) is 0 Å². The van der Waals surface area contributed by atoms with Crippen molar-refractivity contribution in [2.24, 2.45) is 0 Å². The molecule has 1 fully saturated rings. The molecule has 6 aromatic rings. The summed E-state index contributed by atoms with van der Waals surface area (Å²) in [6.07, 6.45) is 19.8. The van der Waals surface area contributed by atoms with E-state index < -0.39 is 0 Å². The van der Waals surface area contributed by atoms with Crippen LogP contribution in [0.4, 0.5) is 17.1 Å². The van der Waals surface area contributed by atoms with Crippen LogP contribution in [0, 0.1) is 0 Å². The van der Waals surface area contributed by atoms with Crippen LogP contribution < -0.4 is 4.90 Å². The molecule has 0 atom stereocenters. The molecule has 0 spiro atoms. The maximum atomic E-state index is 2.54. The molecule has 1 nitrogen and oxygen atoms in total. The standard InChI is InChI=1S/C55H61N/c1-3-37-55(38-4-2)53-30-18-17-29-51(53)52-36-35-50(41-54(52)55)56(48-33-31-44(32-34-48)42-21-15-12-16-22-42)49-28-20-27-47(40-49)46-26-19-25-45(39-46)43-23-13-10-8-6-5-7-9-11-14-24-43/h12,15-22,25-36,39-41,43H,3-11,13-14,23-24,37-38H2,1-2H3. The third kappa shape index (κ3) is 8.02. The molecule has 0 aliphatic heterocycles. The number of fused-ring (bicyclic) bond motifs is 3. The minimum absolute atomic E-state index is 0.0318. The van der Waals surface area contributed by atoms with Crippen molar-refractivity contribution < 1.29 is 0 Å². The second-order valence-electron chi connectivity index (χ2n) is 16.7. The molecule has 0 aromatic heterocycles. The highest BCUT2D eigenvalue weighted by Crippen LogP contribution is 2.55. The summed E-state index contributed by atoms with van der Waals surface area (Å²) in [6.45, 7) is 4.70. The van der Waals surface area contributed by atoms with E-state index >= 15 is 0 Å². The van der Waals surface area contributed by atoms with Gasteiger partial charge in [-0.3, -0.25) is 0 Å². The summed E-state index contributed by atoms with van der Waals surface area (Å²) in [4.78, 5) is 2.50. The maximum Gasteiger partial charge on any atom is 0.0467 e. The number of anilines is 3. The van der Waals surface area contributed by atoms with Crippen LogP contribution in [0.5, 0.6) is 0 Å². The van der Waals surface area contributed by atoms with Gasteiger partial charge in [-0.25, -0.2) is 0 Å². The van der Waals surface area contributed by atoms with Gasteiger partial charge in [0.2, 0.25) is 0 Å². The zero-order valence-electron chi connectivity index (χ0n) is 34.0. The van der Waals surface area contributed by atoms with E-state index in [9.17, 15) is 0 Å². The average Bonchev–Trinajstić information content (AvgIpc) is 3.50. The van der Waals surface area contributed by atoms with E-state index in [-0.39, 0.29) is 5.41 Å². The molecule has 1 heteroatoms. The molecule has 0 unspecified atom stereocenters. The minimum Gasteiger partial charge on any atom is -0.310 e. The second kappa shape index (κ2) is 17.9. The Bertz CT molecular complexity index is 2160. The van der Waals surface area contributed by atoms with Crippen LogP contribution in [0.2, 0.25) is 0 Å². The molecular formula is C55H61N. The zero-order valence-corrected chi connectivity index (χ0v) is 34.0. The highest BCUT2D eigenvalue weighted by Gasteiger charge is 2.42. The third-order valence-electron chi connectivity index (χ3n) is 13.0. The van der Waals surface area contributed by atoms with Gasteiger partial charge in [0.05, 0.1) is 0 Å². The molecule has 0 heterocycles. The molecule has 56 heavy (non-hydrogen) atoms. The number of rotatable bonds is 10. The number of nitrogens with zero attached hydrogens (tertiary/aromatic N) is 1. The lowest BCUT2D eigenvalue weighted by Crippen LogP contribution is -2.25. The van der Waals surface area contributed by atoms with Crippen LogP contribution in [-0.4, -0.2) is 0 Å². The molecule has 286 valence electrons. The molecule has 1 saturated carbocycles. The Labute approximate surface area is 337 Å². The Hall–Kier alpha value is -4.88. The maximum absolute atomic E-state index is 2.54. The van der Waals surface area contributed by atoms with Crippen molar-refractivity contribution >= 4 is 17.1 Å². The third-order valence-corrected chi connectivity index (χ3v) is 13.0. The van der Waals surface area contributed by atoms with Crippen molar-refractivity contribution in [3.8, 4) is 33.4 Å². The van der Waals surface area contributed by atoms with E-state index in [4.69, 9.17) is 0 Å². The Morgan fingerprint density at radius 2 is 0.964 bits per heavy atom. The summed E-state index contributed by atoms with van der Waals surface area (Å²) in [7, 11) is 0. The first kappa shape index (κ1) is 38.0. The average molecular weight is 736 g/mol. The summed E-state index contributed by atoms with van der Waals surface area (Å²) in [6, 6.07) is 55.4. The molecular weight excluding hydrogens is 675 g/mol. The van der Waals surface area contributed by atoms with E-state index in [1.807, 2.05) is 0 Å². The first-order valence-electron chi connectivity index (χ1n) is 22.1. The molecule has 0 radical (unpaired) electrons. The summed E-state index contributed by atoms with van der Waals surface area (Å²) in [5.74, 6) is 0.652. The van der Waals surface area contributed by atoms with Crippen LogP contribution in [0.25, 0.3) is 33.4 Å². The first-order valence-corrected chi connectivity index (χ1v) is 22.1. The lowest BCUT2D eigenvalue weighted by molar-refractivity contribution is 0.436. The topological polar surface area (TPSA) is 3.24 Å². The molecule has 2 aliphatic carbocycles.